The predicted octanol–water partition coefficient (Wildman–Crippen LogP) is 3.27. The molecule has 29 heavy (non-hydrogen) atoms. The SMILES string of the molecule is NS(=O)(=O)c1ccc(-c2nn(CCCO)c(C(F)(F)F)c2-c2ccccc2)cc1. The number of aromatic nitrogens is 2. The van der Waals surface area contributed by atoms with E-state index in [1.807, 2.05) is 0 Å². The van der Waals surface area contributed by atoms with E-state index in [4.69, 9.17) is 10.2 Å². The van der Waals surface area contributed by atoms with Crippen molar-refractivity contribution in [1.29, 1.82) is 0 Å². The minimum absolute atomic E-state index is 0.0578. The molecule has 0 radical (unpaired) electrons. The number of alkyl halides is 3. The van der Waals surface area contributed by atoms with Crippen LogP contribution in [-0.4, -0.2) is 29.9 Å². The van der Waals surface area contributed by atoms with Crippen LogP contribution in [0.2, 0.25) is 0 Å². The van der Waals surface area contributed by atoms with Crippen LogP contribution >= 0.6 is 0 Å². The molecular formula is C19H18F3N3O3S. The van der Waals surface area contributed by atoms with Crippen molar-refractivity contribution in [2.24, 2.45) is 5.14 Å². The van der Waals surface area contributed by atoms with E-state index in [0.717, 1.165) is 4.68 Å². The molecule has 0 saturated carbocycles. The molecule has 0 unspecified atom stereocenters. The van der Waals surface area contributed by atoms with Crippen molar-refractivity contribution in [1.82, 2.24) is 9.78 Å². The van der Waals surface area contributed by atoms with Crippen molar-refractivity contribution in [2.45, 2.75) is 24.0 Å². The highest BCUT2D eigenvalue weighted by molar-refractivity contribution is 7.89. The number of aliphatic hydroxyl groups is 1. The first-order valence-electron chi connectivity index (χ1n) is 8.60. The highest BCUT2D eigenvalue weighted by Crippen LogP contribution is 2.42. The molecule has 1 heterocycles. The lowest BCUT2D eigenvalue weighted by molar-refractivity contribution is -0.143. The summed E-state index contributed by atoms with van der Waals surface area (Å²) in [7, 11) is -3.94. The minimum Gasteiger partial charge on any atom is -0.396 e. The maximum Gasteiger partial charge on any atom is 0.433 e. The van der Waals surface area contributed by atoms with E-state index in [1.54, 1.807) is 30.3 Å². The zero-order valence-corrected chi connectivity index (χ0v) is 15.9. The van der Waals surface area contributed by atoms with Crippen LogP contribution in [0.4, 0.5) is 13.2 Å². The normalized spacial score (nSPS) is 12.3. The lowest BCUT2D eigenvalue weighted by Gasteiger charge is -2.13. The molecular weight excluding hydrogens is 407 g/mol. The topological polar surface area (TPSA) is 98.2 Å². The Morgan fingerprint density at radius 3 is 2.14 bits per heavy atom. The number of aliphatic hydroxyl groups excluding tert-OH is 1. The quantitative estimate of drug-likeness (QED) is 0.633. The Kier molecular flexibility index (Phi) is 5.78. The van der Waals surface area contributed by atoms with Gasteiger partial charge in [0.25, 0.3) is 0 Å². The number of sulfonamides is 1. The van der Waals surface area contributed by atoms with E-state index in [9.17, 15) is 21.6 Å². The van der Waals surface area contributed by atoms with E-state index < -0.39 is 21.9 Å². The van der Waals surface area contributed by atoms with Gasteiger partial charge < -0.3 is 5.11 Å². The Balaban J connectivity index is 2.27. The molecule has 0 saturated heterocycles. The molecule has 0 fully saturated rings. The van der Waals surface area contributed by atoms with Crippen LogP contribution in [0.25, 0.3) is 22.4 Å². The average Bonchev–Trinajstić information content (AvgIpc) is 3.06. The molecule has 2 aromatic carbocycles. The van der Waals surface area contributed by atoms with Crippen LogP contribution in [-0.2, 0) is 22.7 Å². The molecule has 3 aromatic rings. The maximum absolute atomic E-state index is 14.0. The van der Waals surface area contributed by atoms with Gasteiger partial charge in [0.05, 0.1) is 4.90 Å². The Morgan fingerprint density at radius 2 is 1.62 bits per heavy atom. The van der Waals surface area contributed by atoms with Gasteiger partial charge in [0.15, 0.2) is 5.69 Å². The van der Waals surface area contributed by atoms with Gasteiger partial charge in [0.2, 0.25) is 10.0 Å². The van der Waals surface area contributed by atoms with Crippen LogP contribution < -0.4 is 5.14 Å². The van der Waals surface area contributed by atoms with E-state index >= 15 is 0 Å². The second-order valence-electron chi connectivity index (χ2n) is 6.31. The molecule has 0 aliphatic heterocycles. The summed E-state index contributed by atoms with van der Waals surface area (Å²) >= 11 is 0. The van der Waals surface area contributed by atoms with Crippen molar-refractivity contribution in [3.05, 3.63) is 60.3 Å². The summed E-state index contributed by atoms with van der Waals surface area (Å²) in [5, 5.41) is 18.3. The molecule has 0 atom stereocenters. The summed E-state index contributed by atoms with van der Waals surface area (Å²) in [5.74, 6) is 0. The standard InChI is InChI=1S/C19H18F3N3O3S/c20-19(21,22)18-16(13-5-2-1-3-6-13)17(24-25(18)11-4-12-26)14-7-9-15(10-8-14)29(23,27)28/h1-3,5-10,26H,4,11-12H2,(H2,23,27,28). The van der Waals surface area contributed by atoms with Crippen LogP contribution in [0.5, 0.6) is 0 Å². The van der Waals surface area contributed by atoms with Crippen molar-refractivity contribution >= 4 is 10.0 Å². The van der Waals surface area contributed by atoms with Crippen LogP contribution in [0.3, 0.4) is 0 Å². The fourth-order valence-electron chi connectivity index (χ4n) is 3.02. The van der Waals surface area contributed by atoms with Gasteiger partial charge in [0.1, 0.15) is 5.69 Å². The largest absolute Gasteiger partial charge is 0.433 e. The fourth-order valence-corrected chi connectivity index (χ4v) is 3.53. The average molecular weight is 425 g/mol. The first-order valence-corrected chi connectivity index (χ1v) is 10.1. The summed E-state index contributed by atoms with van der Waals surface area (Å²) in [5.41, 5.74) is -0.352. The summed E-state index contributed by atoms with van der Waals surface area (Å²) in [4.78, 5) is -0.154. The van der Waals surface area contributed by atoms with Crippen LogP contribution in [0.1, 0.15) is 12.1 Å². The lowest BCUT2D eigenvalue weighted by atomic mass is 9.98. The zero-order chi connectivity index (χ0) is 21.2. The van der Waals surface area contributed by atoms with Gasteiger partial charge in [-0.1, -0.05) is 42.5 Å². The summed E-state index contributed by atoms with van der Waals surface area (Å²) in [6.45, 7) is -0.406. The number of aryl methyl sites for hydroxylation is 1. The molecule has 154 valence electrons. The summed E-state index contributed by atoms with van der Waals surface area (Å²) in [6, 6.07) is 13.2. The van der Waals surface area contributed by atoms with Gasteiger partial charge in [-0.2, -0.15) is 18.3 Å². The number of hydrogen-bond donors (Lipinski definition) is 2. The smallest absolute Gasteiger partial charge is 0.396 e. The third-order valence-corrected chi connectivity index (χ3v) is 5.20. The number of rotatable bonds is 6. The second-order valence-corrected chi connectivity index (χ2v) is 7.87. The first-order chi connectivity index (χ1) is 13.6. The Bertz CT molecular complexity index is 1090. The molecule has 0 spiro atoms. The van der Waals surface area contributed by atoms with Gasteiger partial charge in [-0.15, -0.1) is 0 Å². The molecule has 0 bridgehead atoms. The molecule has 0 aliphatic carbocycles. The second kappa shape index (κ2) is 7.97. The molecule has 0 amide bonds. The molecule has 1 aromatic heterocycles. The molecule has 0 aliphatic rings. The van der Waals surface area contributed by atoms with E-state index in [2.05, 4.69) is 5.10 Å². The Labute approximate surface area is 165 Å². The summed E-state index contributed by atoms with van der Waals surface area (Å²) in [6.07, 6.45) is -4.59. The summed E-state index contributed by atoms with van der Waals surface area (Å²) < 4.78 is 65.6. The fraction of sp³-hybridized carbons (Fsp3) is 0.211. The van der Waals surface area contributed by atoms with Gasteiger partial charge in [-0.3, -0.25) is 4.68 Å². The van der Waals surface area contributed by atoms with Crippen molar-refractivity contribution < 1.29 is 26.7 Å². The molecule has 6 nitrogen and oxygen atoms in total. The Morgan fingerprint density at radius 1 is 1.00 bits per heavy atom. The van der Waals surface area contributed by atoms with Crippen LogP contribution in [0, 0.1) is 0 Å². The lowest BCUT2D eigenvalue weighted by Crippen LogP contribution is -2.16. The molecule has 3 N–H and O–H groups in total. The predicted molar refractivity (Wildman–Crippen MR) is 101 cm³/mol. The van der Waals surface area contributed by atoms with Gasteiger partial charge in [-0.25, -0.2) is 13.6 Å². The Hall–Kier alpha value is -2.69. The maximum atomic E-state index is 14.0. The number of nitrogens with zero attached hydrogens (tertiary/aromatic N) is 2. The van der Waals surface area contributed by atoms with Gasteiger partial charge in [0, 0.05) is 24.3 Å². The van der Waals surface area contributed by atoms with Gasteiger partial charge in [-0.05, 0) is 24.1 Å². The molecule has 3 rings (SSSR count). The number of benzene rings is 2. The van der Waals surface area contributed by atoms with Crippen molar-refractivity contribution in [3.63, 3.8) is 0 Å². The third-order valence-electron chi connectivity index (χ3n) is 4.27. The zero-order valence-electron chi connectivity index (χ0n) is 15.1. The van der Waals surface area contributed by atoms with E-state index in [-0.39, 0.29) is 35.7 Å². The highest BCUT2D eigenvalue weighted by Gasteiger charge is 2.40. The van der Waals surface area contributed by atoms with Gasteiger partial charge >= 0.3 is 6.18 Å². The minimum atomic E-state index is -4.69. The number of nitrogens with two attached hydrogens (primary N) is 1. The molecule has 10 heteroatoms. The number of halogens is 3. The van der Waals surface area contributed by atoms with Crippen LogP contribution in [0.15, 0.2) is 59.5 Å². The van der Waals surface area contributed by atoms with E-state index in [0.29, 0.717) is 11.1 Å². The number of hydrogen-bond acceptors (Lipinski definition) is 4. The first kappa shape index (κ1) is 21.0. The monoisotopic (exact) mass is 425 g/mol. The van der Waals surface area contributed by atoms with Crippen molar-refractivity contribution in [2.75, 3.05) is 6.61 Å². The highest BCUT2D eigenvalue weighted by atomic mass is 32.2. The van der Waals surface area contributed by atoms with E-state index in [1.165, 1.54) is 24.3 Å². The van der Waals surface area contributed by atoms with Crippen molar-refractivity contribution in [3.8, 4) is 22.4 Å². The third kappa shape index (κ3) is 4.50. The number of primary sulfonamides is 1.